The molecule has 1 rings (SSSR count). The maximum Gasteiger partial charge on any atom is 0.261 e. The molecule has 0 aliphatic carbocycles. The predicted molar refractivity (Wildman–Crippen MR) is 78.5 cm³/mol. The number of allylic oxidation sites excluding steroid dienone is 1. The van der Waals surface area contributed by atoms with Gasteiger partial charge in [0.05, 0.1) is 11.5 Å². The average Bonchev–Trinajstić information content (AvgIpc) is 2.33. The molecule has 0 spiro atoms. The molecule has 5 heteroatoms. The number of hydrogen-bond donors (Lipinski definition) is 0. The predicted octanol–water partition coefficient (Wildman–Crippen LogP) is 4.08. The number of hydrogen-bond acceptors (Lipinski definition) is 3. The number of benzene rings is 1. The largest absolute Gasteiger partial charge is 0.493 e. The van der Waals surface area contributed by atoms with Crippen LogP contribution in [0.2, 0.25) is 0 Å². The summed E-state index contributed by atoms with van der Waals surface area (Å²) in [6, 6.07) is 4.71. The first-order chi connectivity index (χ1) is 8.86. The van der Waals surface area contributed by atoms with Crippen molar-refractivity contribution >= 4 is 19.7 Å². The van der Waals surface area contributed by atoms with E-state index in [1.165, 1.54) is 6.07 Å². The van der Waals surface area contributed by atoms with Gasteiger partial charge in [-0.15, -0.1) is 6.58 Å². The van der Waals surface area contributed by atoms with E-state index in [4.69, 9.17) is 15.4 Å². The highest BCUT2D eigenvalue weighted by Gasteiger charge is 2.15. The molecule has 3 nitrogen and oxygen atoms in total. The Morgan fingerprint density at radius 1 is 1.42 bits per heavy atom. The molecule has 0 aliphatic rings. The van der Waals surface area contributed by atoms with E-state index in [1.807, 2.05) is 19.9 Å². The Hall–Kier alpha value is -1.00. The van der Waals surface area contributed by atoms with Gasteiger partial charge in [0.1, 0.15) is 5.75 Å². The van der Waals surface area contributed by atoms with Crippen molar-refractivity contribution in [2.24, 2.45) is 0 Å². The Morgan fingerprint density at radius 3 is 2.63 bits per heavy atom. The maximum atomic E-state index is 11.3. The van der Waals surface area contributed by atoms with E-state index in [-0.39, 0.29) is 10.8 Å². The first kappa shape index (κ1) is 16.1. The van der Waals surface area contributed by atoms with Crippen LogP contribution in [-0.2, 0) is 9.05 Å². The molecule has 0 atom stereocenters. The minimum atomic E-state index is -3.70. The van der Waals surface area contributed by atoms with Crippen LogP contribution in [0.5, 0.6) is 5.75 Å². The molecule has 1 aromatic rings. The molecule has 0 aliphatic heterocycles. The fourth-order valence-corrected chi connectivity index (χ4v) is 2.46. The Kier molecular flexibility index (Phi) is 5.88. The van der Waals surface area contributed by atoms with Gasteiger partial charge >= 0.3 is 0 Å². The summed E-state index contributed by atoms with van der Waals surface area (Å²) >= 11 is 0. The summed E-state index contributed by atoms with van der Waals surface area (Å²) in [4.78, 5) is 0.108. The Labute approximate surface area is 119 Å². The van der Waals surface area contributed by atoms with Crippen molar-refractivity contribution in [2.45, 2.75) is 37.5 Å². The van der Waals surface area contributed by atoms with E-state index in [9.17, 15) is 8.42 Å². The quantitative estimate of drug-likeness (QED) is 0.433. The molecule has 0 heterocycles. The van der Waals surface area contributed by atoms with Crippen molar-refractivity contribution in [3.63, 3.8) is 0 Å². The first-order valence-electron chi connectivity index (χ1n) is 6.18. The van der Waals surface area contributed by atoms with Gasteiger partial charge in [0.25, 0.3) is 9.05 Å². The summed E-state index contributed by atoms with van der Waals surface area (Å²) < 4.78 is 28.3. The van der Waals surface area contributed by atoms with Gasteiger partial charge in [0.2, 0.25) is 0 Å². The van der Waals surface area contributed by atoms with Crippen molar-refractivity contribution in [1.29, 1.82) is 0 Å². The third-order valence-corrected chi connectivity index (χ3v) is 4.05. The van der Waals surface area contributed by atoms with E-state index in [0.29, 0.717) is 12.4 Å². The fourth-order valence-electron chi connectivity index (χ4n) is 1.67. The maximum absolute atomic E-state index is 11.3. The molecule has 0 saturated carbocycles. The lowest BCUT2D eigenvalue weighted by Crippen LogP contribution is -2.02. The zero-order chi connectivity index (χ0) is 14.5. The zero-order valence-corrected chi connectivity index (χ0v) is 12.8. The molecule has 0 aromatic heterocycles. The second-order valence-corrected chi connectivity index (χ2v) is 7.14. The highest BCUT2D eigenvalue weighted by atomic mass is 35.7. The second-order valence-electron chi connectivity index (χ2n) is 4.57. The minimum Gasteiger partial charge on any atom is -0.493 e. The van der Waals surface area contributed by atoms with E-state index in [2.05, 4.69) is 6.58 Å². The third-order valence-electron chi connectivity index (χ3n) is 2.69. The zero-order valence-electron chi connectivity index (χ0n) is 11.2. The van der Waals surface area contributed by atoms with Crippen LogP contribution < -0.4 is 4.74 Å². The summed E-state index contributed by atoms with van der Waals surface area (Å²) in [6.45, 7) is 8.20. The van der Waals surface area contributed by atoms with E-state index < -0.39 is 9.05 Å². The monoisotopic (exact) mass is 302 g/mol. The summed E-state index contributed by atoms with van der Waals surface area (Å²) in [7, 11) is 1.65. The van der Waals surface area contributed by atoms with Crippen LogP contribution >= 0.6 is 10.7 Å². The normalized spacial score (nSPS) is 11.6. The highest BCUT2D eigenvalue weighted by Crippen LogP contribution is 2.30. The minimum absolute atomic E-state index is 0.108. The van der Waals surface area contributed by atoms with Gasteiger partial charge in [0, 0.05) is 10.7 Å². The van der Waals surface area contributed by atoms with Crippen molar-refractivity contribution < 1.29 is 13.2 Å². The van der Waals surface area contributed by atoms with Crippen molar-refractivity contribution in [3.05, 3.63) is 36.4 Å². The van der Waals surface area contributed by atoms with E-state index in [1.54, 1.807) is 12.1 Å². The smallest absolute Gasteiger partial charge is 0.261 e. The van der Waals surface area contributed by atoms with Crippen molar-refractivity contribution in [1.82, 2.24) is 0 Å². The summed E-state index contributed by atoms with van der Waals surface area (Å²) in [5, 5.41) is 0. The molecule has 106 valence electrons. The van der Waals surface area contributed by atoms with Crippen molar-refractivity contribution in [3.8, 4) is 5.75 Å². The summed E-state index contributed by atoms with van der Waals surface area (Å²) in [5.41, 5.74) is 0.848. The van der Waals surface area contributed by atoms with Crippen LogP contribution in [0.15, 0.2) is 35.7 Å². The van der Waals surface area contributed by atoms with E-state index >= 15 is 0 Å². The lowest BCUT2D eigenvalue weighted by atomic mass is 10.0. The molecule has 0 bridgehead atoms. The molecule has 0 amide bonds. The van der Waals surface area contributed by atoms with Crippen LogP contribution in [0.3, 0.4) is 0 Å². The molecular formula is C14H19ClO3S. The van der Waals surface area contributed by atoms with Gasteiger partial charge < -0.3 is 4.74 Å². The lowest BCUT2D eigenvalue weighted by molar-refractivity contribution is 0.307. The van der Waals surface area contributed by atoms with Gasteiger partial charge in [-0.25, -0.2) is 8.42 Å². The van der Waals surface area contributed by atoms with E-state index in [0.717, 1.165) is 18.4 Å². The van der Waals surface area contributed by atoms with Gasteiger partial charge in [-0.1, -0.05) is 19.9 Å². The SMILES string of the molecule is C=CCCCOc1ccc(S(=O)(=O)Cl)cc1C(C)C. The van der Waals surface area contributed by atoms with Gasteiger partial charge in [-0.3, -0.25) is 0 Å². The van der Waals surface area contributed by atoms with Crippen LogP contribution in [0, 0.1) is 0 Å². The van der Waals surface area contributed by atoms with Crippen LogP contribution in [0.1, 0.15) is 38.2 Å². The second kappa shape index (κ2) is 6.96. The third kappa shape index (κ3) is 4.88. The fraction of sp³-hybridized carbons (Fsp3) is 0.429. The number of unbranched alkanes of at least 4 members (excludes halogenated alkanes) is 1. The summed E-state index contributed by atoms with van der Waals surface area (Å²) in [5.74, 6) is 0.871. The number of halogens is 1. The number of rotatable bonds is 7. The highest BCUT2D eigenvalue weighted by molar-refractivity contribution is 8.13. The molecular weight excluding hydrogens is 284 g/mol. The standard InChI is InChI=1S/C14H19ClO3S/c1-4-5-6-9-18-14-8-7-12(19(15,16)17)10-13(14)11(2)3/h4,7-8,10-11H,1,5-6,9H2,2-3H3. The Balaban J connectivity index is 2.95. The van der Waals surface area contributed by atoms with Gasteiger partial charge in [0.15, 0.2) is 0 Å². The molecule has 0 radical (unpaired) electrons. The molecule has 19 heavy (non-hydrogen) atoms. The van der Waals surface area contributed by atoms with Crippen LogP contribution in [0.4, 0.5) is 0 Å². The number of ether oxygens (including phenoxy) is 1. The van der Waals surface area contributed by atoms with Crippen LogP contribution in [0.25, 0.3) is 0 Å². The molecule has 0 unspecified atom stereocenters. The molecule has 1 aromatic carbocycles. The Morgan fingerprint density at radius 2 is 2.11 bits per heavy atom. The molecule has 0 fully saturated rings. The van der Waals surface area contributed by atoms with Crippen molar-refractivity contribution in [2.75, 3.05) is 6.61 Å². The average molecular weight is 303 g/mol. The van der Waals surface area contributed by atoms with Gasteiger partial charge in [-0.05, 0) is 42.5 Å². The first-order valence-corrected chi connectivity index (χ1v) is 8.49. The molecule has 0 N–H and O–H groups in total. The summed E-state index contributed by atoms with van der Waals surface area (Å²) in [6.07, 6.45) is 3.62. The lowest BCUT2D eigenvalue weighted by Gasteiger charge is -2.14. The Bertz CT molecular complexity index is 536. The van der Waals surface area contributed by atoms with Gasteiger partial charge in [-0.2, -0.15) is 0 Å². The van der Waals surface area contributed by atoms with Crippen LogP contribution in [-0.4, -0.2) is 15.0 Å². The topological polar surface area (TPSA) is 43.4 Å². The molecule has 0 saturated heterocycles.